The van der Waals surface area contributed by atoms with Crippen molar-refractivity contribution < 1.29 is 14.3 Å². The van der Waals surface area contributed by atoms with Gasteiger partial charge in [-0.25, -0.2) is 0 Å². The van der Waals surface area contributed by atoms with E-state index >= 15 is 0 Å². The summed E-state index contributed by atoms with van der Waals surface area (Å²) in [6.07, 6.45) is 0. The van der Waals surface area contributed by atoms with Gasteiger partial charge >= 0.3 is 12.4 Å². The Morgan fingerprint density at radius 3 is 2.25 bits per heavy atom. The Balaban J connectivity index is 3.07. The van der Waals surface area contributed by atoms with Crippen molar-refractivity contribution in [2.45, 2.75) is 9.71 Å². The predicted molar refractivity (Wildman–Crippen MR) is 61.6 cm³/mol. The Bertz CT molecular complexity index is 373. The van der Waals surface area contributed by atoms with Crippen LogP contribution in [0.2, 0.25) is 0 Å². The summed E-state index contributed by atoms with van der Waals surface area (Å²) in [5.41, 5.74) is 0.467. The molecular weight excluding hydrogens is 274 g/mol. The average Bonchev–Trinajstić information content (AvgIpc) is 2.17. The fourth-order valence-electron chi connectivity index (χ4n) is 1.22. The molecule has 0 fully saturated rings. The van der Waals surface area contributed by atoms with Crippen molar-refractivity contribution in [2.24, 2.45) is 0 Å². The van der Waals surface area contributed by atoms with E-state index in [1.54, 1.807) is 30.3 Å². The highest BCUT2D eigenvalue weighted by molar-refractivity contribution is 6.68. The molecule has 0 aromatic heterocycles. The summed E-state index contributed by atoms with van der Waals surface area (Å²) in [6.45, 7) is 0.00861. The minimum Gasteiger partial charge on any atom is -0.395 e. The summed E-state index contributed by atoms with van der Waals surface area (Å²) >= 11 is 17.0. The fourth-order valence-corrected chi connectivity index (χ4v) is 1.86. The zero-order valence-electron chi connectivity index (χ0n) is 7.90. The van der Waals surface area contributed by atoms with E-state index in [1.165, 1.54) is 0 Å². The van der Waals surface area contributed by atoms with Crippen LogP contribution in [0.1, 0.15) is 11.5 Å². The Morgan fingerprint density at radius 2 is 1.81 bits per heavy atom. The molecule has 0 bridgehead atoms. The lowest BCUT2D eigenvalue weighted by molar-refractivity contribution is -0.152. The van der Waals surface area contributed by atoms with Gasteiger partial charge in [-0.1, -0.05) is 65.1 Å². The number of halogens is 3. The molecule has 0 aliphatic carbocycles. The van der Waals surface area contributed by atoms with Gasteiger partial charge < -0.3 is 4.74 Å². The molecule has 1 aromatic carbocycles. The average molecular weight is 282 g/mol. The van der Waals surface area contributed by atoms with E-state index in [2.05, 4.69) is 4.74 Å². The zero-order chi connectivity index (χ0) is 12.2. The number of hydrogen-bond acceptors (Lipinski definition) is 3. The van der Waals surface area contributed by atoms with Crippen molar-refractivity contribution in [1.82, 2.24) is 0 Å². The molecule has 1 atom stereocenters. The van der Waals surface area contributed by atoms with Gasteiger partial charge in [0, 0.05) is 0 Å². The van der Waals surface area contributed by atoms with Crippen LogP contribution in [0.25, 0.3) is 0 Å². The summed E-state index contributed by atoms with van der Waals surface area (Å²) < 4.78 is 2.34. The molecule has 1 unspecified atom stereocenters. The van der Waals surface area contributed by atoms with E-state index in [4.69, 9.17) is 34.8 Å². The third-order valence-corrected chi connectivity index (χ3v) is 2.51. The standard InChI is InChI=1S/C10H7Cl3O3/c11-10(12,13)8(9(15)16-6-14)7-4-2-1-3-5-7/h1-6,8H. The molecule has 0 N–H and O–H groups in total. The van der Waals surface area contributed by atoms with E-state index in [9.17, 15) is 9.59 Å². The first kappa shape index (κ1) is 13.3. The smallest absolute Gasteiger partial charge is 0.325 e. The maximum absolute atomic E-state index is 11.5. The minimum absolute atomic E-state index is 0.00861. The first-order chi connectivity index (χ1) is 7.46. The second-order valence-electron chi connectivity index (χ2n) is 2.92. The van der Waals surface area contributed by atoms with E-state index in [1.807, 2.05) is 0 Å². The highest BCUT2D eigenvalue weighted by Gasteiger charge is 2.40. The Morgan fingerprint density at radius 1 is 1.25 bits per heavy atom. The van der Waals surface area contributed by atoms with Crippen LogP contribution in [0.3, 0.4) is 0 Å². The molecule has 6 heteroatoms. The number of hydrogen-bond donors (Lipinski definition) is 0. The van der Waals surface area contributed by atoms with Crippen molar-refractivity contribution in [2.75, 3.05) is 0 Å². The van der Waals surface area contributed by atoms with Crippen molar-refractivity contribution in [3.05, 3.63) is 35.9 Å². The van der Waals surface area contributed by atoms with Crippen LogP contribution in [0.5, 0.6) is 0 Å². The molecule has 1 rings (SSSR count). The summed E-state index contributed by atoms with van der Waals surface area (Å²) in [4.78, 5) is 21.6. The van der Waals surface area contributed by atoms with Gasteiger partial charge in [0.1, 0.15) is 5.92 Å². The van der Waals surface area contributed by atoms with Gasteiger partial charge in [-0.3, -0.25) is 9.59 Å². The SMILES string of the molecule is O=COC(=O)C(c1ccccc1)C(Cl)(Cl)Cl. The third-order valence-electron chi connectivity index (χ3n) is 1.86. The molecule has 3 nitrogen and oxygen atoms in total. The van der Waals surface area contributed by atoms with Gasteiger partial charge in [0.05, 0.1) is 0 Å². The molecule has 0 saturated carbocycles. The van der Waals surface area contributed by atoms with E-state index in [0.29, 0.717) is 5.56 Å². The van der Waals surface area contributed by atoms with Crippen molar-refractivity contribution in [3.8, 4) is 0 Å². The quantitative estimate of drug-likeness (QED) is 0.370. The van der Waals surface area contributed by atoms with Gasteiger partial charge in [0.25, 0.3) is 0 Å². The van der Waals surface area contributed by atoms with Crippen molar-refractivity contribution in [3.63, 3.8) is 0 Å². The maximum atomic E-state index is 11.5. The number of rotatable bonds is 3. The van der Waals surface area contributed by atoms with Crippen LogP contribution in [0, 0.1) is 0 Å². The van der Waals surface area contributed by atoms with Crippen LogP contribution in [0.15, 0.2) is 30.3 Å². The molecule has 86 valence electrons. The number of benzene rings is 1. The zero-order valence-corrected chi connectivity index (χ0v) is 10.2. The first-order valence-electron chi connectivity index (χ1n) is 4.22. The molecule has 0 heterocycles. The highest BCUT2D eigenvalue weighted by Crippen LogP contribution is 2.42. The van der Waals surface area contributed by atoms with Crippen molar-refractivity contribution in [1.29, 1.82) is 0 Å². The number of ether oxygens (including phenoxy) is 1. The summed E-state index contributed by atoms with van der Waals surface area (Å²) in [6, 6.07) is 8.35. The Kier molecular flexibility index (Phi) is 4.59. The lowest BCUT2D eigenvalue weighted by Crippen LogP contribution is -2.27. The van der Waals surface area contributed by atoms with Gasteiger partial charge in [-0.2, -0.15) is 0 Å². The topological polar surface area (TPSA) is 43.4 Å². The predicted octanol–water partition coefficient (Wildman–Crippen LogP) is 2.84. The van der Waals surface area contributed by atoms with E-state index in [-0.39, 0.29) is 6.47 Å². The molecule has 0 saturated heterocycles. The molecule has 0 spiro atoms. The second kappa shape index (κ2) is 5.53. The summed E-state index contributed by atoms with van der Waals surface area (Å²) in [5, 5.41) is 0. The fraction of sp³-hybridized carbons (Fsp3) is 0.200. The van der Waals surface area contributed by atoms with Crippen LogP contribution >= 0.6 is 34.8 Å². The summed E-state index contributed by atoms with van der Waals surface area (Å²) in [5.74, 6) is -2.04. The van der Waals surface area contributed by atoms with Gasteiger partial charge in [0.15, 0.2) is 0 Å². The minimum atomic E-state index is -1.87. The van der Waals surface area contributed by atoms with Gasteiger partial charge in [0.2, 0.25) is 3.79 Å². The summed E-state index contributed by atoms with van der Waals surface area (Å²) in [7, 11) is 0. The van der Waals surface area contributed by atoms with E-state index in [0.717, 1.165) is 0 Å². The molecule has 0 radical (unpaired) electrons. The van der Waals surface area contributed by atoms with Crippen LogP contribution in [-0.2, 0) is 14.3 Å². The molecule has 1 aromatic rings. The monoisotopic (exact) mass is 280 g/mol. The third kappa shape index (κ3) is 3.37. The molecule has 16 heavy (non-hydrogen) atoms. The number of carbonyl (C=O) groups is 2. The largest absolute Gasteiger partial charge is 0.395 e. The van der Waals surface area contributed by atoms with Crippen LogP contribution in [-0.4, -0.2) is 16.2 Å². The van der Waals surface area contributed by atoms with Gasteiger partial charge in [-0.05, 0) is 5.56 Å². The molecule has 0 amide bonds. The maximum Gasteiger partial charge on any atom is 0.325 e. The normalized spacial score (nSPS) is 12.9. The molecule has 0 aliphatic heterocycles. The van der Waals surface area contributed by atoms with Crippen molar-refractivity contribution >= 4 is 47.2 Å². The van der Waals surface area contributed by atoms with Crippen LogP contribution < -0.4 is 0 Å². The second-order valence-corrected chi connectivity index (χ2v) is 5.29. The first-order valence-corrected chi connectivity index (χ1v) is 5.36. The van der Waals surface area contributed by atoms with E-state index < -0.39 is 15.7 Å². The molecule has 0 aliphatic rings. The Hall–Kier alpha value is -0.770. The highest BCUT2D eigenvalue weighted by atomic mass is 35.6. The molecular formula is C10H7Cl3O3. The van der Waals surface area contributed by atoms with Crippen LogP contribution in [0.4, 0.5) is 0 Å². The lowest BCUT2D eigenvalue weighted by atomic mass is 10.0. The lowest BCUT2D eigenvalue weighted by Gasteiger charge is -2.21. The van der Waals surface area contributed by atoms with Gasteiger partial charge in [-0.15, -0.1) is 0 Å². The number of alkyl halides is 3. The number of esters is 1. The number of carbonyl (C=O) groups excluding carboxylic acids is 2. The Labute approximate surface area is 107 Å².